The van der Waals surface area contributed by atoms with Crippen LogP contribution in [0.25, 0.3) is 6.08 Å². The molecule has 0 unspecified atom stereocenters. The normalized spacial score (nSPS) is 14.1. The summed E-state index contributed by atoms with van der Waals surface area (Å²) in [7, 11) is 1.41. The summed E-state index contributed by atoms with van der Waals surface area (Å²) in [6, 6.07) is 14.6. The van der Waals surface area contributed by atoms with Crippen LogP contribution in [-0.2, 0) is 9.53 Å². The molecule has 0 radical (unpaired) electrons. The molecule has 0 saturated heterocycles. The Labute approximate surface area is 197 Å². The third-order valence-corrected chi connectivity index (χ3v) is 5.08. The molecule has 0 bridgehead atoms. The van der Waals surface area contributed by atoms with Crippen molar-refractivity contribution in [2.75, 3.05) is 7.11 Å². The van der Waals surface area contributed by atoms with Crippen molar-refractivity contribution < 1.29 is 28.2 Å². The number of rotatable bonds is 5. The molecule has 1 aliphatic rings. The van der Waals surface area contributed by atoms with Crippen molar-refractivity contribution in [3.8, 4) is 11.5 Å². The third kappa shape index (κ3) is 5.05. The number of aliphatic imine (C=N–C) groups is 1. The summed E-state index contributed by atoms with van der Waals surface area (Å²) in [6.07, 6.45) is 1.47. The molecule has 0 spiro atoms. The Morgan fingerprint density at radius 3 is 2.61 bits per heavy atom. The average Bonchev–Trinajstić information content (AvgIpc) is 3.15. The number of carbonyl (C=O) groups excluding carboxylic acids is 2. The van der Waals surface area contributed by atoms with E-state index in [1.165, 1.54) is 55.7 Å². The molecular weight excluding hydrogens is 472 g/mol. The lowest BCUT2D eigenvalue weighted by Gasteiger charge is -2.11. The summed E-state index contributed by atoms with van der Waals surface area (Å²) in [5, 5.41) is 0.541. The summed E-state index contributed by atoms with van der Waals surface area (Å²) in [5.74, 6) is -1.45. The Morgan fingerprint density at radius 2 is 1.88 bits per heavy atom. The van der Waals surface area contributed by atoms with Crippen LogP contribution in [0.1, 0.15) is 21.5 Å². The van der Waals surface area contributed by atoms with E-state index in [1.807, 2.05) is 0 Å². The molecule has 3 aromatic rings. The number of hydrogen-bond donors (Lipinski definition) is 0. The molecule has 0 saturated carbocycles. The van der Waals surface area contributed by atoms with E-state index in [2.05, 4.69) is 4.99 Å². The van der Waals surface area contributed by atoms with Crippen LogP contribution in [0.4, 0.5) is 4.39 Å². The quantitative estimate of drug-likeness (QED) is 0.263. The maximum Gasteiger partial charge on any atom is 0.363 e. The number of halogens is 3. The number of carbonyl (C=O) groups is 2. The smallest absolute Gasteiger partial charge is 0.363 e. The molecule has 166 valence electrons. The molecule has 0 N–H and O–H groups in total. The van der Waals surface area contributed by atoms with E-state index in [4.69, 9.17) is 37.4 Å². The Morgan fingerprint density at radius 1 is 1.06 bits per heavy atom. The first-order valence-electron chi connectivity index (χ1n) is 9.48. The second-order valence-corrected chi connectivity index (χ2v) is 7.61. The van der Waals surface area contributed by atoms with Gasteiger partial charge in [-0.25, -0.2) is 19.0 Å². The van der Waals surface area contributed by atoms with E-state index in [0.717, 1.165) is 0 Å². The van der Waals surface area contributed by atoms with Gasteiger partial charge in [0.05, 0.1) is 17.7 Å². The fraction of sp³-hybridized carbons (Fsp3) is 0.0417. The van der Waals surface area contributed by atoms with E-state index in [1.54, 1.807) is 18.2 Å². The molecule has 0 aromatic heterocycles. The van der Waals surface area contributed by atoms with Gasteiger partial charge in [0.25, 0.3) is 0 Å². The highest BCUT2D eigenvalue weighted by Crippen LogP contribution is 2.31. The van der Waals surface area contributed by atoms with E-state index in [9.17, 15) is 14.0 Å². The SMILES string of the molecule is COc1cc(/C=C2\N=C(c3cccc(F)c3)OC2=O)ccc1OC(=O)c1ccc(Cl)cc1Cl. The van der Waals surface area contributed by atoms with Crippen molar-refractivity contribution in [1.82, 2.24) is 0 Å². The maximum absolute atomic E-state index is 13.4. The van der Waals surface area contributed by atoms with Gasteiger partial charge >= 0.3 is 11.9 Å². The molecular formula is C24H14Cl2FNO5. The van der Waals surface area contributed by atoms with Crippen LogP contribution in [0.5, 0.6) is 11.5 Å². The molecule has 1 aliphatic heterocycles. The van der Waals surface area contributed by atoms with Crippen LogP contribution in [-0.4, -0.2) is 24.9 Å². The van der Waals surface area contributed by atoms with E-state index >= 15 is 0 Å². The average molecular weight is 486 g/mol. The van der Waals surface area contributed by atoms with Crippen LogP contribution >= 0.6 is 23.2 Å². The van der Waals surface area contributed by atoms with Gasteiger partial charge in [-0.05, 0) is 60.2 Å². The molecule has 0 aliphatic carbocycles. The number of ether oxygens (including phenoxy) is 3. The maximum atomic E-state index is 13.4. The molecule has 0 amide bonds. The molecule has 3 aromatic carbocycles. The van der Waals surface area contributed by atoms with Gasteiger partial charge in [0.1, 0.15) is 5.82 Å². The number of hydrogen-bond acceptors (Lipinski definition) is 6. The zero-order valence-electron chi connectivity index (χ0n) is 17.0. The topological polar surface area (TPSA) is 74.2 Å². The lowest BCUT2D eigenvalue weighted by Crippen LogP contribution is -2.10. The van der Waals surface area contributed by atoms with Crippen molar-refractivity contribution in [3.05, 3.63) is 98.9 Å². The minimum Gasteiger partial charge on any atom is -0.493 e. The van der Waals surface area contributed by atoms with Crippen LogP contribution < -0.4 is 9.47 Å². The molecule has 9 heteroatoms. The minimum atomic E-state index is -0.690. The van der Waals surface area contributed by atoms with Gasteiger partial charge in [-0.15, -0.1) is 0 Å². The second-order valence-electron chi connectivity index (χ2n) is 6.77. The van der Waals surface area contributed by atoms with Crippen LogP contribution in [0.2, 0.25) is 10.0 Å². The van der Waals surface area contributed by atoms with E-state index in [0.29, 0.717) is 16.1 Å². The lowest BCUT2D eigenvalue weighted by atomic mass is 10.1. The first-order valence-corrected chi connectivity index (χ1v) is 10.2. The molecule has 4 rings (SSSR count). The van der Waals surface area contributed by atoms with E-state index in [-0.39, 0.29) is 33.7 Å². The molecule has 1 heterocycles. The Balaban J connectivity index is 1.58. The van der Waals surface area contributed by atoms with Crippen LogP contribution in [0.3, 0.4) is 0 Å². The first-order chi connectivity index (χ1) is 15.8. The number of methoxy groups -OCH3 is 1. The fourth-order valence-corrected chi connectivity index (χ4v) is 3.47. The Hall–Kier alpha value is -3.68. The van der Waals surface area contributed by atoms with Crippen molar-refractivity contribution >= 4 is 47.1 Å². The number of esters is 2. The predicted octanol–water partition coefficient (Wildman–Crippen LogP) is 5.70. The highest BCUT2D eigenvalue weighted by molar-refractivity contribution is 6.36. The highest BCUT2D eigenvalue weighted by Gasteiger charge is 2.24. The first kappa shape index (κ1) is 22.5. The largest absolute Gasteiger partial charge is 0.493 e. The highest BCUT2D eigenvalue weighted by atomic mass is 35.5. The molecule has 6 nitrogen and oxygen atoms in total. The molecule has 33 heavy (non-hydrogen) atoms. The zero-order valence-corrected chi connectivity index (χ0v) is 18.5. The zero-order chi connectivity index (χ0) is 23.5. The van der Waals surface area contributed by atoms with E-state index < -0.39 is 17.8 Å². The van der Waals surface area contributed by atoms with Crippen molar-refractivity contribution in [3.63, 3.8) is 0 Å². The summed E-state index contributed by atoms with van der Waals surface area (Å²) in [6.45, 7) is 0. The second kappa shape index (κ2) is 9.44. The number of cyclic esters (lactones) is 1. The third-order valence-electron chi connectivity index (χ3n) is 4.54. The van der Waals surface area contributed by atoms with Crippen molar-refractivity contribution in [2.45, 2.75) is 0 Å². The Kier molecular flexibility index (Phi) is 6.44. The van der Waals surface area contributed by atoms with Gasteiger partial charge in [-0.2, -0.15) is 0 Å². The van der Waals surface area contributed by atoms with Gasteiger partial charge in [0.2, 0.25) is 5.90 Å². The number of nitrogens with zero attached hydrogens (tertiary/aromatic N) is 1. The standard InChI is InChI=1S/C24H14Cl2FNO5/c1-31-21-10-13(5-8-20(21)32-23(29)17-7-6-15(25)12-18(17)26)9-19-24(30)33-22(28-19)14-3-2-4-16(27)11-14/h2-12H,1H3/b19-9-. The Bertz CT molecular complexity index is 1340. The fourth-order valence-electron chi connectivity index (χ4n) is 2.98. The number of benzene rings is 3. The summed E-state index contributed by atoms with van der Waals surface area (Å²) < 4.78 is 29.3. The molecule has 0 fully saturated rings. The summed E-state index contributed by atoms with van der Waals surface area (Å²) in [5.41, 5.74) is 1.04. The lowest BCUT2D eigenvalue weighted by molar-refractivity contribution is -0.129. The van der Waals surface area contributed by atoms with Crippen molar-refractivity contribution in [2.24, 2.45) is 4.99 Å². The van der Waals surface area contributed by atoms with Gasteiger partial charge < -0.3 is 14.2 Å². The van der Waals surface area contributed by atoms with Crippen LogP contribution in [0.15, 0.2) is 71.4 Å². The minimum absolute atomic E-state index is 0.00288. The monoisotopic (exact) mass is 485 g/mol. The predicted molar refractivity (Wildman–Crippen MR) is 121 cm³/mol. The van der Waals surface area contributed by atoms with Gasteiger partial charge in [0.15, 0.2) is 17.2 Å². The molecule has 0 atom stereocenters. The van der Waals surface area contributed by atoms with Gasteiger partial charge in [0, 0.05) is 10.6 Å². The van der Waals surface area contributed by atoms with Gasteiger partial charge in [-0.3, -0.25) is 0 Å². The summed E-state index contributed by atoms with van der Waals surface area (Å²) >= 11 is 11.9. The van der Waals surface area contributed by atoms with Crippen LogP contribution in [0, 0.1) is 5.82 Å². The van der Waals surface area contributed by atoms with Crippen molar-refractivity contribution in [1.29, 1.82) is 0 Å². The van der Waals surface area contributed by atoms with Gasteiger partial charge in [-0.1, -0.05) is 35.3 Å². The summed E-state index contributed by atoms with van der Waals surface area (Å²) in [4.78, 5) is 28.8.